The normalized spacial score (nSPS) is 18.6. The van der Waals surface area contributed by atoms with E-state index in [1.54, 1.807) is 11.1 Å². The molecule has 0 amide bonds. The van der Waals surface area contributed by atoms with Gasteiger partial charge < -0.3 is 5.32 Å². The van der Waals surface area contributed by atoms with Crippen LogP contribution in [-0.2, 0) is 12.8 Å². The molecule has 0 bridgehead atoms. The molecule has 100 valence electrons. The zero-order chi connectivity index (χ0) is 13.0. The van der Waals surface area contributed by atoms with Crippen molar-refractivity contribution in [1.29, 1.82) is 0 Å². The third-order valence-corrected chi connectivity index (χ3v) is 4.47. The van der Waals surface area contributed by atoms with Gasteiger partial charge >= 0.3 is 0 Å². The average molecular weight is 245 g/mol. The van der Waals surface area contributed by atoms with Gasteiger partial charge in [0, 0.05) is 6.04 Å². The van der Waals surface area contributed by atoms with Crippen molar-refractivity contribution in [3.63, 3.8) is 0 Å². The fourth-order valence-corrected chi connectivity index (χ4v) is 3.18. The molecule has 0 aliphatic heterocycles. The maximum Gasteiger partial charge on any atom is 0.0104 e. The maximum absolute atomic E-state index is 3.72. The van der Waals surface area contributed by atoms with E-state index in [0.717, 1.165) is 18.4 Å². The van der Waals surface area contributed by atoms with E-state index in [1.165, 1.54) is 25.7 Å². The van der Waals surface area contributed by atoms with E-state index in [9.17, 15) is 0 Å². The van der Waals surface area contributed by atoms with Crippen LogP contribution in [0, 0.1) is 11.8 Å². The fraction of sp³-hybridized carbons (Fsp3) is 0.647. The lowest BCUT2D eigenvalue weighted by molar-refractivity contribution is 0.306. The van der Waals surface area contributed by atoms with Crippen LogP contribution >= 0.6 is 0 Å². The van der Waals surface area contributed by atoms with Crippen molar-refractivity contribution in [2.24, 2.45) is 11.8 Å². The Hall–Kier alpha value is -0.820. The zero-order valence-electron chi connectivity index (χ0n) is 12.1. The first-order valence-electron chi connectivity index (χ1n) is 7.54. The van der Waals surface area contributed by atoms with Gasteiger partial charge in [-0.1, -0.05) is 51.5 Å². The Kier molecular flexibility index (Phi) is 4.82. The predicted molar refractivity (Wildman–Crippen MR) is 78.9 cm³/mol. The molecular formula is C17H27N. The number of hydrogen-bond donors (Lipinski definition) is 1. The topological polar surface area (TPSA) is 12.0 Å². The van der Waals surface area contributed by atoms with Gasteiger partial charge in [-0.3, -0.25) is 0 Å². The Morgan fingerprint density at radius 3 is 2.28 bits per heavy atom. The van der Waals surface area contributed by atoms with Crippen molar-refractivity contribution in [2.75, 3.05) is 6.54 Å². The van der Waals surface area contributed by atoms with Gasteiger partial charge in [-0.05, 0) is 48.8 Å². The van der Waals surface area contributed by atoms with Gasteiger partial charge in [-0.25, -0.2) is 0 Å². The lowest BCUT2D eigenvalue weighted by atomic mass is 9.88. The van der Waals surface area contributed by atoms with E-state index in [-0.39, 0.29) is 0 Å². The van der Waals surface area contributed by atoms with Crippen LogP contribution in [0.15, 0.2) is 24.3 Å². The summed E-state index contributed by atoms with van der Waals surface area (Å²) >= 11 is 0. The molecule has 0 aromatic heterocycles. The highest BCUT2D eigenvalue weighted by Crippen LogP contribution is 2.31. The van der Waals surface area contributed by atoms with Crippen LogP contribution in [0.25, 0.3) is 0 Å². The minimum absolute atomic E-state index is 0.692. The molecule has 18 heavy (non-hydrogen) atoms. The summed E-state index contributed by atoms with van der Waals surface area (Å²) in [6.07, 6.45) is 5.15. The molecule has 1 aliphatic carbocycles. The molecule has 0 saturated heterocycles. The van der Waals surface area contributed by atoms with Gasteiger partial charge in [0.2, 0.25) is 0 Å². The second-order valence-electron chi connectivity index (χ2n) is 5.85. The summed E-state index contributed by atoms with van der Waals surface area (Å²) in [5.74, 6) is 1.63. The van der Waals surface area contributed by atoms with Crippen LogP contribution in [0.3, 0.4) is 0 Å². The largest absolute Gasteiger partial charge is 0.314 e. The van der Waals surface area contributed by atoms with Crippen molar-refractivity contribution < 1.29 is 0 Å². The molecule has 2 rings (SSSR count). The average Bonchev–Trinajstić information content (AvgIpc) is 2.81. The molecule has 1 aromatic carbocycles. The molecule has 0 spiro atoms. The highest BCUT2D eigenvalue weighted by Gasteiger charge is 2.28. The standard InChI is InChI=1S/C17H27N/c1-4-13(3)10-17(18-5-2)16-11-14-8-6-7-9-15(14)12-16/h6-9,13,16-18H,4-5,10-12H2,1-3H3. The van der Waals surface area contributed by atoms with Crippen LogP contribution < -0.4 is 5.32 Å². The van der Waals surface area contributed by atoms with Crippen LogP contribution in [0.5, 0.6) is 0 Å². The Balaban J connectivity index is 2.01. The van der Waals surface area contributed by atoms with Gasteiger partial charge in [0.1, 0.15) is 0 Å². The SMILES string of the molecule is CCNC(CC(C)CC)C1Cc2ccccc2C1. The molecule has 1 heteroatoms. The molecular weight excluding hydrogens is 218 g/mol. The van der Waals surface area contributed by atoms with Crippen LogP contribution in [0.4, 0.5) is 0 Å². The van der Waals surface area contributed by atoms with Crippen molar-refractivity contribution in [2.45, 2.75) is 52.5 Å². The molecule has 1 aliphatic rings. The van der Waals surface area contributed by atoms with Crippen molar-refractivity contribution in [3.8, 4) is 0 Å². The highest BCUT2D eigenvalue weighted by molar-refractivity contribution is 5.32. The quantitative estimate of drug-likeness (QED) is 0.803. The fourth-order valence-electron chi connectivity index (χ4n) is 3.18. The Bertz CT molecular complexity index is 347. The van der Waals surface area contributed by atoms with Gasteiger partial charge in [-0.2, -0.15) is 0 Å². The van der Waals surface area contributed by atoms with Crippen LogP contribution in [0.1, 0.15) is 44.7 Å². The molecule has 0 saturated carbocycles. The molecule has 0 heterocycles. The first kappa shape index (κ1) is 13.6. The third-order valence-electron chi connectivity index (χ3n) is 4.47. The van der Waals surface area contributed by atoms with Gasteiger partial charge in [0.25, 0.3) is 0 Å². The molecule has 0 radical (unpaired) electrons. The smallest absolute Gasteiger partial charge is 0.0104 e. The van der Waals surface area contributed by atoms with E-state index in [4.69, 9.17) is 0 Å². The molecule has 1 nitrogen and oxygen atoms in total. The first-order valence-corrected chi connectivity index (χ1v) is 7.54. The Morgan fingerprint density at radius 1 is 1.17 bits per heavy atom. The first-order chi connectivity index (χ1) is 8.74. The number of nitrogens with one attached hydrogen (secondary N) is 1. The molecule has 1 N–H and O–H groups in total. The second-order valence-corrected chi connectivity index (χ2v) is 5.85. The summed E-state index contributed by atoms with van der Waals surface area (Å²) in [6, 6.07) is 9.66. The molecule has 1 aromatic rings. The maximum atomic E-state index is 3.72. The van der Waals surface area contributed by atoms with Crippen LogP contribution in [0.2, 0.25) is 0 Å². The van der Waals surface area contributed by atoms with E-state index in [2.05, 4.69) is 50.4 Å². The van der Waals surface area contributed by atoms with Gasteiger partial charge in [-0.15, -0.1) is 0 Å². The Morgan fingerprint density at radius 2 is 1.78 bits per heavy atom. The molecule has 0 fully saturated rings. The summed E-state index contributed by atoms with van der Waals surface area (Å²) in [7, 11) is 0. The van der Waals surface area contributed by atoms with E-state index in [1.807, 2.05) is 0 Å². The second kappa shape index (κ2) is 6.38. The molecule has 2 unspecified atom stereocenters. The number of hydrogen-bond acceptors (Lipinski definition) is 1. The minimum Gasteiger partial charge on any atom is -0.314 e. The molecule has 2 atom stereocenters. The van der Waals surface area contributed by atoms with E-state index in [0.29, 0.717) is 6.04 Å². The van der Waals surface area contributed by atoms with Gasteiger partial charge in [0.05, 0.1) is 0 Å². The lowest BCUT2D eigenvalue weighted by Crippen LogP contribution is -2.38. The highest BCUT2D eigenvalue weighted by atomic mass is 14.9. The Labute approximate surface area is 112 Å². The van der Waals surface area contributed by atoms with Crippen molar-refractivity contribution in [3.05, 3.63) is 35.4 Å². The number of rotatable bonds is 6. The predicted octanol–water partition coefficient (Wildman–Crippen LogP) is 3.82. The van der Waals surface area contributed by atoms with Crippen molar-refractivity contribution >= 4 is 0 Å². The summed E-state index contributed by atoms with van der Waals surface area (Å²) in [4.78, 5) is 0. The van der Waals surface area contributed by atoms with Gasteiger partial charge in [0.15, 0.2) is 0 Å². The van der Waals surface area contributed by atoms with E-state index >= 15 is 0 Å². The summed E-state index contributed by atoms with van der Waals surface area (Å²) in [6.45, 7) is 8.00. The minimum atomic E-state index is 0.692. The number of fused-ring (bicyclic) bond motifs is 1. The lowest BCUT2D eigenvalue weighted by Gasteiger charge is -2.27. The monoisotopic (exact) mass is 245 g/mol. The number of benzene rings is 1. The summed E-state index contributed by atoms with van der Waals surface area (Å²) < 4.78 is 0. The van der Waals surface area contributed by atoms with Crippen molar-refractivity contribution in [1.82, 2.24) is 5.32 Å². The summed E-state index contributed by atoms with van der Waals surface area (Å²) in [5, 5.41) is 3.72. The zero-order valence-corrected chi connectivity index (χ0v) is 12.1. The summed E-state index contributed by atoms with van der Waals surface area (Å²) in [5.41, 5.74) is 3.16. The third kappa shape index (κ3) is 3.14. The van der Waals surface area contributed by atoms with E-state index < -0.39 is 0 Å². The van der Waals surface area contributed by atoms with Crippen LogP contribution in [-0.4, -0.2) is 12.6 Å².